The highest BCUT2D eigenvalue weighted by atomic mass is 32.1. The maximum absolute atomic E-state index is 12.3. The molecule has 7 heteroatoms. The van der Waals surface area contributed by atoms with Gasteiger partial charge in [-0.25, -0.2) is 4.98 Å². The number of anilines is 1. The van der Waals surface area contributed by atoms with Crippen molar-refractivity contribution in [2.75, 3.05) is 18.0 Å². The molecule has 0 unspecified atom stereocenters. The largest absolute Gasteiger partial charge is 0.348 e. The lowest BCUT2D eigenvalue weighted by atomic mass is 10.2. The zero-order valence-electron chi connectivity index (χ0n) is 14.5. The lowest BCUT2D eigenvalue weighted by Crippen LogP contribution is -2.23. The Morgan fingerprint density at radius 3 is 2.81 bits per heavy atom. The number of benzene rings is 1. The SMILES string of the molecule is O=C(NCc1csc(N2CCCC2)n1)c1cnn(Cc2ccccc2)c1. The second-order valence-corrected chi connectivity index (χ2v) is 7.25. The van der Waals surface area contributed by atoms with Crippen LogP contribution in [0.25, 0.3) is 0 Å². The van der Waals surface area contributed by atoms with E-state index in [2.05, 4.69) is 20.3 Å². The van der Waals surface area contributed by atoms with Crippen LogP contribution in [0.3, 0.4) is 0 Å². The lowest BCUT2D eigenvalue weighted by molar-refractivity contribution is 0.0950. The van der Waals surface area contributed by atoms with Gasteiger partial charge in [-0.05, 0) is 18.4 Å². The molecule has 1 aliphatic rings. The maximum Gasteiger partial charge on any atom is 0.254 e. The summed E-state index contributed by atoms with van der Waals surface area (Å²) >= 11 is 1.65. The van der Waals surface area contributed by atoms with Gasteiger partial charge in [0.1, 0.15) is 0 Å². The molecule has 0 spiro atoms. The average Bonchev–Trinajstić information content (AvgIpc) is 3.41. The van der Waals surface area contributed by atoms with E-state index in [0.717, 1.165) is 29.5 Å². The first kappa shape index (κ1) is 16.8. The first-order valence-electron chi connectivity index (χ1n) is 8.82. The first-order valence-corrected chi connectivity index (χ1v) is 9.70. The smallest absolute Gasteiger partial charge is 0.254 e. The van der Waals surface area contributed by atoms with Gasteiger partial charge in [-0.3, -0.25) is 9.48 Å². The number of carbonyl (C=O) groups is 1. The van der Waals surface area contributed by atoms with Gasteiger partial charge in [0.05, 0.1) is 30.5 Å². The summed E-state index contributed by atoms with van der Waals surface area (Å²) in [4.78, 5) is 19.3. The molecule has 0 radical (unpaired) electrons. The highest BCUT2D eigenvalue weighted by molar-refractivity contribution is 7.13. The van der Waals surface area contributed by atoms with Gasteiger partial charge >= 0.3 is 0 Å². The van der Waals surface area contributed by atoms with Crippen molar-refractivity contribution in [1.82, 2.24) is 20.1 Å². The summed E-state index contributed by atoms with van der Waals surface area (Å²) in [7, 11) is 0. The quantitative estimate of drug-likeness (QED) is 0.728. The Morgan fingerprint density at radius 2 is 2.00 bits per heavy atom. The van der Waals surface area contributed by atoms with Crippen LogP contribution in [0.2, 0.25) is 0 Å². The minimum absolute atomic E-state index is 0.125. The number of aromatic nitrogens is 3. The molecule has 1 fully saturated rings. The van der Waals surface area contributed by atoms with Crippen LogP contribution in [0.5, 0.6) is 0 Å². The van der Waals surface area contributed by atoms with E-state index in [0.29, 0.717) is 18.7 Å². The molecule has 0 saturated carbocycles. The summed E-state index contributed by atoms with van der Waals surface area (Å²) in [5.41, 5.74) is 2.62. The van der Waals surface area contributed by atoms with Crippen LogP contribution in [0.4, 0.5) is 5.13 Å². The van der Waals surface area contributed by atoms with Crippen LogP contribution >= 0.6 is 11.3 Å². The molecule has 1 N–H and O–H groups in total. The highest BCUT2D eigenvalue weighted by Crippen LogP contribution is 2.24. The molecule has 3 heterocycles. The summed E-state index contributed by atoms with van der Waals surface area (Å²) in [6.45, 7) is 3.26. The number of nitrogens with zero attached hydrogens (tertiary/aromatic N) is 4. The normalized spacial score (nSPS) is 13.9. The molecule has 1 amide bonds. The molecule has 26 heavy (non-hydrogen) atoms. The Balaban J connectivity index is 1.32. The van der Waals surface area contributed by atoms with E-state index in [4.69, 9.17) is 0 Å². The number of carbonyl (C=O) groups excluding carboxylic acids is 1. The van der Waals surface area contributed by atoms with Crippen molar-refractivity contribution >= 4 is 22.4 Å². The minimum atomic E-state index is -0.125. The molecule has 0 atom stereocenters. The molecular formula is C19H21N5OS. The standard InChI is InChI=1S/C19H21N5OS/c25-18(16-10-21-24(13-16)12-15-6-2-1-3-7-15)20-11-17-14-26-19(22-17)23-8-4-5-9-23/h1-3,6-7,10,13-14H,4-5,8-9,11-12H2,(H,20,25). The van der Waals surface area contributed by atoms with E-state index in [1.54, 1.807) is 28.4 Å². The fraction of sp³-hybridized carbons (Fsp3) is 0.316. The zero-order chi connectivity index (χ0) is 17.8. The summed E-state index contributed by atoms with van der Waals surface area (Å²) in [6.07, 6.45) is 5.85. The Kier molecular flexibility index (Phi) is 4.97. The van der Waals surface area contributed by atoms with E-state index >= 15 is 0 Å². The molecule has 6 nitrogen and oxygen atoms in total. The van der Waals surface area contributed by atoms with Gasteiger partial charge in [-0.1, -0.05) is 30.3 Å². The zero-order valence-corrected chi connectivity index (χ0v) is 15.3. The third-order valence-electron chi connectivity index (χ3n) is 4.43. The van der Waals surface area contributed by atoms with Crippen LogP contribution < -0.4 is 10.2 Å². The Bertz CT molecular complexity index is 867. The summed E-state index contributed by atoms with van der Waals surface area (Å²) in [6, 6.07) is 10.1. The van der Waals surface area contributed by atoms with Gasteiger partial charge in [0.2, 0.25) is 0 Å². The highest BCUT2D eigenvalue weighted by Gasteiger charge is 2.16. The molecule has 1 saturated heterocycles. The monoisotopic (exact) mass is 367 g/mol. The van der Waals surface area contributed by atoms with E-state index in [1.165, 1.54) is 12.8 Å². The van der Waals surface area contributed by atoms with Crippen molar-refractivity contribution < 1.29 is 4.79 Å². The molecule has 4 rings (SSSR count). The van der Waals surface area contributed by atoms with Gasteiger partial charge in [-0.2, -0.15) is 5.10 Å². The number of hydrogen-bond acceptors (Lipinski definition) is 5. The third-order valence-corrected chi connectivity index (χ3v) is 5.38. The summed E-state index contributed by atoms with van der Waals surface area (Å²) in [5, 5.41) is 10.3. The minimum Gasteiger partial charge on any atom is -0.348 e. The third kappa shape index (κ3) is 3.94. The van der Waals surface area contributed by atoms with Crippen LogP contribution in [-0.2, 0) is 13.1 Å². The average molecular weight is 367 g/mol. The second-order valence-electron chi connectivity index (χ2n) is 6.41. The second kappa shape index (κ2) is 7.70. The topological polar surface area (TPSA) is 63.1 Å². The fourth-order valence-corrected chi connectivity index (χ4v) is 3.92. The van der Waals surface area contributed by atoms with Crippen LogP contribution in [-0.4, -0.2) is 33.8 Å². The molecule has 0 bridgehead atoms. The number of amides is 1. The van der Waals surface area contributed by atoms with E-state index in [1.807, 2.05) is 35.7 Å². The van der Waals surface area contributed by atoms with Gasteiger partial charge in [0.15, 0.2) is 5.13 Å². The maximum atomic E-state index is 12.3. The van der Waals surface area contributed by atoms with Gasteiger partial charge < -0.3 is 10.2 Å². The van der Waals surface area contributed by atoms with E-state index in [-0.39, 0.29) is 5.91 Å². The number of hydrogen-bond donors (Lipinski definition) is 1. The molecule has 1 aromatic carbocycles. The van der Waals surface area contributed by atoms with Crippen LogP contribution in [0.1, 0.15) is 34.5 Å². The van der Waals surface area contributed by atoms with Gasteiger partial charge in [-0.15, -0.1) is 11.3 Å². The summed E-state index contributed by atoms with van der Waals surface area (Å²) in [5.74, 6) is -0.125. The molecule has 3 aromatic rings. The fourth-order valence-electron chi connectivity index (χ4n) is 3.04. The van der Waals surface area contributed by atoms with Crippen LogP contribution in [0, 0.1) is 0 Å². The molecule has 1 aliphatic heterocycles. The molecule has 134 valence electrons. The number of nitrogens with one attached hydrogen (secondary N) is 1. The molecule has 0 aliphatic carbocycles. The molecule has 2 aromatic heterocycles. The van der Waals surface area contributed by atoms with E-state index in [9.17, 15) is 4.79 Å². The van der Waals surface area contributed by atoms with Gasteiger partial charge in [0, 0.05) is 24.7 Å². The van der Waals surface area contributed by atoms with Crippen molar-refractivity contribution in [2.45, 2.75) is 25.9 Å². The van der Waals surface area contributed by atoms with E-state index < -0.39 is 0 Å². The Morgan fingerprint density at radius 1 is 1.19 bits per heavy atom. The predicted octanol–water partition coefficient (Wildman–Crippen LogP) is 2.92. The summed E-state index contributed by atoms with van der Waals surface area (Å²) < 4.78 is 1.78. The van der Waals surface area contributed by atoms with Crippen molar-refractivity contribution in [1.29, 1.82) is 0 Å². The number of thiazole rings is 1. The lowest BCUT2D eigenvalue weighted by Gasteiger charge is -2.12. The Hall–Kier alpha value is -2.67. The molecular weight excluding hydrogens is 346 g/mol. The van der Waals surface area contributed by atoms with Crippen LogP contribution in [0.15, 0.2) is 48.1 Å². The first-order chi connectivity index (χ1) is 12.8. The Labute approximate surface area is 156 Å². The van der Waals surface area contributed by atoms with Crippen molar-refractivity contribution in [2.24, 2.45) is 0 Å². The van der Waals surface area contributed by atoms with Crippen molar-refractivity contribution in [3.05, 3.63) is 64.9 Å². The predicted molar refractivity (Wildman–Crippen MR) is 103 cm³/mol. The van der Waals surface area contributed by atoms with Crippen molar-refractivity contribution in [3.63, 3.8) is 0 Å². The number of rotatable bonds is 6. The van der Waals surface area contributed by atoms with Gasteiger partial charge in [0.25, 0.3) is 5.91 Å². The van der Waals surface area contributed by atoms with Crippen molar-refractivity contribution in [3.8, 4) is 0 Å².